The first-order valence-electron chi connectivity index (χ1n) is 8.93. The van der Waals surface area contributed by atoms with E-state index in [0.717, 1.165) is 39.3 Å². The lowest BCUT2D eigenvalue weighted by Gasteiger charge is -2.32. The number of hydrogen-bond acceptors (Lipinski definition) is 3. The van der Waals surface area contributed by atoms with E-state index in [0.29, 0.717) is 18.4 Å². The lowest BCUT2D eigenvalue weighted by atomic mass is 9.91. The summed E-state index contributed by atoms with van der Waals surface area (Å²) >= 11 is 0. The summed E-state index contributed by atoms with van der Waals surface area (Å²) < 4.78 is 5.47. The minimum atomic E-state index is 0.157. The molecule has 126 valence electrons. The van der Waals surface area contributed by atoms with Crippen molar-refractivity contribution in [1.29, 1.82) is 0 Å². The van der Waals surface area contributed by atoms with Gasteiger partial charge in [-0.1, -0.05) is 30.3 Å². The zero-order chi connectivity index (χ0) is 15.9. The first kappa shape index (κ1) is 16.5. The van der Waals surface area contributed by atoms with Crippen LogP contribution in [0.4, 0.5) is 0 Å². The summed E-state index contributed by atoms with van der Waals surface area (Å²) in [5, 5.41) is 3.09. The van der Waals surface area contributed by atoms with E-state index in [9.17, 15) is 4.79 Å². The molecular weight excluding hydrogens is 288 g/mol. The summed E-state index contributed by atoms with van der Waals surface area (Å²) in [5.41, 5.74) is 1.40. The molecule has 2 heterocycles. The van der Waals surface area contributed by atoms with Crippen molar-refractivity contribution < 1.29 is 9.53 Å². The number of nitrogens with one attached hydrogen (secondary N) is 1. The van der Waals surface area contributed by atoms with E-state index in [4.69, 9.17) is 4.74 Å². The lowest BCUT2D eigenvalue weighted by molar-refractivity contribution is -0.122. The summed E-state index contributed by atoms with van der Waals surface area (Å²) in [7, 11) is 0. The zero-order valence-electron chi connectivity index (χ0n) is 13.9. The van der Waals surface area contributed by atoms with Crippen LogP contribution in [0.2, 0.25) is 0 Å². The molecule has 23 heavy (non-hydrogen) atoms. The molecule has 0 saturated carbocycles. The third-order valence-electron chi connectivity index (χ3n) is 4.99. The van der Waals surface area contributed by atoms with Gasteiger partial charge in [-0.3, -0.25) is 9.69 Å². The van der Waals surface area contributed by atoms with Crippen molar-refractivity contribution in [2.24, 2.45) is 5.92 Å². The molecule has 4 nitrogen and oxygen atoms in total. The molecule has 1 amide bonds. The zero-order valence-corrected chi connectivity index (χ0v) is 13.9. The smallest absolute Gasteiger partial charge is 0.234 e. The van der Waals surface area contributed by atoms with E-state index in [1.54, 1.807) is 0 Å². The molecule has 0 aromatic heterocycles. The van der Waals surface area contributed by atoms with Gasteiger partial charge in [0, 0.05) is 19.7 Å². The normalized spacial score (nSPS) is 25.9. The van der Waals surface area contributed by atoms with Gasteiger partial charge in [-0.2, -0.15) is 0 Å². The van der Waals surface area contributed by atoms with Crippen LogP contribution in [0.15, 0.2) is 30.3 Å². The summed E-state index contributed by atoms with van der Waals surface area (Å²) in [4.78, 5) is 14.5. The van der Waals surface area contributed by atoms with Gasteiger partial charge in [-0.25, -0.2) is 0 Å². The molecule has 0 aliphatic carbocycles. The topological polar surface area (TPSA) is 41.6 Å². The van der Waals surface area contributed by atoms with Crippen LogP contribution in [0, 0.1) is 5.92 Å². The molecule has 0 radical (unpaired) electrons. The van der Waals surface area contributed by atoms with Crippen LogP contribution in [0.25, 0.3) is 0 Å². The van der Waals surface area contributed by atoms with E-state index in [-0.39, 0.29) is 5.91 Å². The number of hydrogen-bond donors (Lipinski definition) is 1. The van der Waals surface area contributed by atoms with Gasteiger partial charge in [0.2, 0.25) is 5.91 Å². The van der Waals surface area contributed by atoms with Crippen LogP contribution in [0.1, 0.15) is 37.2 Å². The number of ether oxygens (including phenoxy) is 1. The Morgan fingerprint density at radius 3 is 2.87 bits per heavy atom. The van der Waals surface area contributed by atoms with Gasteiger partial charge in [0.05, 0.1) is 13.2 Å². The molecule has 1 aromatic rings. The molecule has 0 spiro atoms. The van der Waals surface area contributed by atoms with Gasteiger partial charge in [0.1, 0.15) is 0 Å². The predicted octanol–water partition coefficient (Wildman–Crippen LogP) is 2.41. The van der Waals surface area contributed by atoms with Crippen LogP contribution in [-0.2, 0) is 9.53 Å². The molecule has 0 bridgehead atoms. The number of rotatable bonds is 5. The van der Waals surface area contributed by atoms with Crippen molar-refractivity contribution >= 4 is 5.91 Å². The first-order chi connectivity index (χ1) is 11.3. The van der Waals surface area contributed by atoms with Crippen molar-refractivity contribution in [3.8, 4) is 0 Å². The maximum Gasteiger partial charge on any atom is 0.234 e. The predicted molar refractivity (Wildman–Crippen MR) is 91.4 cm³/mol. The Kier molecular flexibility index (Phi) is 6.06. The maximum atomic E-state index is 12.2. The SMILES string of the molecule is O=C(CN1CCC[C@@H](c2ccccc2)C1)NC[C@@H]1CCCOC1. The Hall–Kier alpha value is -1.39. The van der Waals surface area contributed by atoms with Crippen molar-refractivity contribution in [3.63, 3.8) is 0 Å². The molecule has 0 unspecified atom stereocenters. The maximum absolute atomic E-state index is 12.2. The minimum Gasteiger partial charge on any atom is -0.381 e. The van der Waals surface area contributed by atoms with Crippen molar-refractivity contribution in [1.82, 2.24) is 10.2 Å². The quantitative estimate of drug-likeness (QED) is 0.907. The second-order valence-electron chi connectivity index (χ2n) is 6.87. The highest BCUT2D eigenvalue weighted by Crippen LogP contribution is 2.26. The van der Waals surface area contributed by atoms with Gasteiger partial charge in [-0.05, 0) is 49.6 Å². The molecule has 2 aliphatic heterocycles. The van der Waals surface area contributed by atoms with E-state index < -0.39 is 0 Å². The van der Waals surface area contributed by atoms with Gasteiger partial charge in [0.15, 0.2) is 0 Å². The highest BCUT2D eigenvalue weighted by Gasteiger charge is 2.23. The third kappa shape index (κ3) is 5.05. The molecule has 2 saturated heterocycles. The fourth-order valence-corrected chi connectivity index (χ4v) is 3.68. The van der Waals surface area contributed by atoms with Crippen LogP contribution in [-0.4, -0.2) is 50.2 Å². The number of nitrogens with zero attached hydrogens (tertiary/aromatic N) is 1. The van der Waals surface area contributed by atoms with Crippen LogP contribution in [0.3, 0.4) is 0 Å². The molecule has 1 aromatic carbocycles. The van der Waals surface area contributed by atoms with Crippen LogP contribution >= 0.6 is 0 Å². The largest absolute Gasteiger partial charge is 0.381 e. The summed E-state index contributed by atoms with van der Waals surface area (Å²) in [6.45, 7) is 4.97. The molecule has 2 fully saturated rings. The first-order valence-corrected chi connectivity index (χ1v) is 8.93. The van der Waals surface area contributed by atoms with Crippen molar-refractivity contribution in [3.05, 3.63) is 35.9 Å². The second kappa shape index (κ2) is 8.46. The number of carbonyl (C=O) groups excluding carboxylic acids is 1. The fourth-order valence-electron chi connectivity index (χ4n) is 3.68. The average Bonchev–Trinajstić information content (AvgIpc) is 2.62. The Labute approximate surface area is 139 Å². The van der Waals surface area contributed by atoms with Crippen LogP contribution in [0.5, 0.6) is 0 Å². The number of carbonyl (C=O) groups is 1. The summed E-state index contributed by atoms with van der Waals surface area (Å²) in [6, 6.07) is 10.7. The molecule has 4 heteroatoms. The average molecular weight is 316 g/mol. The number of likely N-dealkylation sites (tertiary alicyclic amines) is 1. The molecule has 2 aliphatic rings. The van der Waals surface area contributed by atoms with Crippen molar-refractivity contribution in [2.75, 3.05) is 39.4 Å². The number of benzene rings is 1. The van der Waals surface area contributed by atoms with E-state index >= 15 is 0 Å². The van der Waals surface area contributed by atoms with Gasteiger partial charge in [0.25, 0.3) is 0 Å². The second-order valence-corrected chi connectivity index (χ2v) is 6.87. The molecule has 2 atom stereocenters. The highest BCUT2D eigenvalue weighted by atomic mass is 16.5. The third-order valence-corrected chi connectivity index (χ3v) is 4.99. The van der Waals surface area contributed by atoms with E-state index in [2.05, 4.69) is 40.5 Å². The lowest BCUT2D eigenvalue weighted by Crippen LogP contribution is -2.43. The van der Waals surface area contributed by atoms with Gasteiger partial charge < -0.3 is 10.1 Å². The number of piperidine rings is 1. The Morgan fingerprint density at radius 1 is 1.22 bits per heavy atom. The Balaban J connectivity index is 1.43. The standard InChI is InChI=1S/C19H28N2O2/c22-19(20-12-16-6-5-11-23-15-16)14-21-10-4-9-18(13-21)17-7-2-1-3-8-17/h1-3,7-8,16,18H,4-6,9-15H2,(H,20,22)/t16-,18+/m0/s1. The summed E-state index contributed by atoms with van der Waals surface area (Å²) in [6.07, 6.45) is 4.68. The Bertz CT molecular complexity index is 485. The van der Waals surface area contributed by atoms with E-state index in [1.165, 1.54) is 24.8 Å². The number of amides is 1. The van der Waals surface area contributed by atoms with Gasteiger partial charge >= 0.3 is 0 Å². The minimum absolute atomic E-state index is 0.157. The fraction of sp³-hybridized carbons (Fsp3) is 0.632. The van der Waals surface area contributed by atoms with E-state index in [1.807, 2.05) is 0 Å². The highest BCUT2D eigenvalue weighted by molar-refractivity contribution is 5.78. The van der Waals surface area contributed by atoms with Crippen LogP contribution < -0.4 is 5.32 Å². The molecule has 3 rings (SSSR count). The Morgan fingerprint density at radius 2 is 2.09 bits per heavy atom. The van der Waals surface area contributed by atoms with Gasteiger partial charge in [-0.15, -0.1) is 0 Å². The summed E-state index contributed by atoms with van der Waals surface area (Å²) in [5.74, 6) is 1.21. The molecular formula is C19H28N2O2. The monoisotopic (exact) mass is 316 g/mol. The van der Waals surface area contributed by atoms with Crippen molar-refractivity contribution in [2.45, 2.75) is 31.6 Å². The molecule has 1 N–H and O–H groups in total.